The molecular formula is C20H26N4O2S. The van der Waals surface area contributed by atoms with E-state index in [1.165, 1.54) is 4.31 Å². The van der Waals surface area contributed by atoms with Gasteiger partial charge in [-0.15, -0.1) is 0 Å². The molecule has 2 unspecified atom stereocenters. The lowest BCUT2D eigenvalue weighted by Gasteiger charge is -2.36. The van der Waals surface area contributed by atoms with E-state index in [0.717, 1.165) is 18.8 Å². The van der Waals surface area contributed by atoms with Crippen molar-refractivity contribution in [2.75, 3.05) is 34.8 Å². The molecule has 27 heavy (non-hydrogen) atoms. The van der Waals surface area contributed by atoms with E-state index in [-0.39, 0.29) is 0 Å². The first-order valence-electron chi connectivity index (χ1n) is 9.42. The van der Waals surface area contributed by atoms with Crippen LogP contribution in [0.5, 0.6) is 0 Å². The minimum atomic E-state index is -3.64. The third-order valence-electron chi connectivity index (χ3n) is 5.12. The Bertz CT molecular complexity index is 893. The highest BCUT2D eigenvalue weighted by Gasteiger charge is 2.41. The summed E-state index contributed by atoms with van der Waals surface area (Å²) in [4.78, 5) is 2.34. The van der Waals surface area contributed by atoms with Crippen molar-refractivity contribution < 1.29 is 8.42 Å². The molecule has 4 rings (SSSR count). The molecule has 2 heterocycles. The fourth-order valence-corrected chi connectivity index (χ4v) is 5.82. The first-order chi connectivity index (χ1) is 13.0. The maximum Gasteiger partial charge on any atom is 0.331 e. The average molecular weight is 387 g/mol. The molecule has 2 aromatic rings. The number of rotatable bonds is 4. The van der Waals surface area contributed by atoms with Gasteiger partial charge in [-0.3, -0.25) is 4.90 Å². The maximum atomic E-state index is 13.4. The number of nitrogens with zero attached hydrogens (tertiary/aromatic N) is 3. The van der Waals surface area contributed by atoms with Crippen LogP contribution >= 0.6 is 0 Å². The van der Waals surface area contributed by atoms with Gasteiger partial charge >= 0.3 is 10.2 Å². The van der Waals surface area contributed by atoms with E-state index in [9.17, 15) is 8.42 Å². The second-order valence-electron chi connectivity index (χ2n) is 7.40. The Hall–Kier alpha value is -2.09. The second-order valence-corrected chi connectivity index (χ2v) is 9.10. The molecule has 144 valence electrons. The lowest BCUT2D eigenvalue weighted by Crippen LogP contribution is -2.55. The first-order valence-corrected chi connectivity index (χ1v) is 10.8. The first kappa shape index (κ1) is 18.3. The highest BCUT2D eigenvalue weighted by molar-refractivity contribution is 7.95. The number of nitrogens with one attached hydrogen (secondary N) is 1. The molecule has 0 spiro atoms. The van der Waals surface area contributed by atoms with Gasteiger partial charge in [0.1, 0.15) is 0 Å². The molecule has 1 saturated heterocycles. The maximum absolute atomic E-state index is 13.4. The quantitative estimate of drug-likeness (QED) is 0.878. The van der Waals surface area contributed by atoms with Gasteiger partial charge in [-0.2, -0.15) is 8.42 Å². The van der Waals surface area contributed by atoms with Crippen molar-refractivity contribution in [1.29, 1.82) is 0 Å². The molecular weight excluding hydrogens is 360 g/mol. The minimum absolute atomic E-state index is 0.414. The number of hydrogen-bond donors (Lipinski definition) is 1. The van der Waals surface area contributed by atoms with Crippen molar-refractivity contribution in [3.8, 4) is 0 Å². The molecule has 0 radical (unpaired) electrons. The number of anilines is 3. The van der Waals surface area contributed by atoms with Gasteiger partial charge in [0.2, 0.25) is 0 Å². The molecule has 7 heteroatoms. The van der Waals surface area contributed by atoms with Crippen LogP contribution in [0.1, 0.15) is 13.8 Å². The third kappa shape index (κ3) is 3.42. The summed E-state index contributed by atoms with van der Waals surface area (Å²) in [6, 6.07) is 17.6. The van der Waals surface area contributed by atoms with E-state index in [4.69, 9.17) is 0 Å². The van der Waals surface area contributed by atoms with E-state index in [1.807, 2.05) is 54.6 Å². The standard InChI is InChI=1S/C20H26N4O2S/c1-16-14-22(15-17(2)21-16)12-13-23-19-10-6-7-11-20(19)24(27(23,25)26)18-8-4-3-5-9-18/h3-11,16-17,21H,12-15H2,1-2H3. The minimum Gasteiger partial charge on any atom is -0.309 e. The molecule has 0 aliphatic carbocycles. The van der Waals surface area contributed by atoms with Crippen LogP contribution in [0.2, 0.25) is 0 Å². The summed E-state index contributed by atoms with van der Waals surface area (Å²) >= 11 is 0. The molecule has 1 N–H and O–H groups in total. The molecule has 2 aliphatic heterocycles. The highest BCUT2D eigenvalue weighted by Crippen LogP contribution is 2.44. The summed E-state index contributed by atoms with van der Waals surface area (Å²) in [6.07, 6.45) is 0. The van der Waals surface area contributed by atoms with Crippen molar-refractivity contribution >= 4 is 27.3 Å². The molecule has 0 bridgehead atoms. The molecule has 2 aliphatic rings. The smallest absolute Gasteiger partial charge is 0.309 e. The average Bonchev–Trinajstić information content (AvgIpc) is 2.86. The van der Waals surface area contributed by atoms with Crippen molar-refractivity contribution in [3.63, 3.8) is 0 Å². The zero-order valence-electron chi connectivity index (χ0n) is 15.7. The summed E-state index contributed by atoms with van der Waals surface area (Å²) in [5.74, 6) is 0. The van der Waals surface area contributed by atoms with Gasteiger partial charge in [0.15, 0.2) is 0 Å². The largest absolute Gasteiger partial charge is 0.331 e. The lowest BCUT2D eigenvalue weighted by molar-refractivity contribution is 0.178. The van der Waals surface area contributed by atoms with Crippen LogP contribution in [0.25, 0.3) is 0 Å². The number of para-hydroxylation sites is 3. The predicted octanol–water partition coefficient (Wildman–Crippen LogP) is 2.57. The molecule has 0 amide bonds. The predicted molar refractivity (Wildman–Crippen MR) is 110 cm³/mol. The molecule has 6 nitrogen and oxygen atoms in total. The fourth-order valence-electron chi connectivity index (χ4n) is 4.12. The van der Waals surface area contributed by atoms with Gasteiger partial charge in [-0.25, -0.2) is 8.61 Å². The molecule has 0 saturated carbocycles. The Morgan fingerprint density at radius 3 is 2.15 bits per heavy atom. The van der Waals surface area contributed by atoms with Crippen LogP contribution in [0.15, 0.2) is 54.6 Å². The molecule has 1 fully saturated rings. The van der Waals surface area contributed by atoms with Gasteiger partial charge in [-0.05, 0) is 38.1 Å². The van der Waals surface area contributed by atoms with Crippen LogP contribution < -0.4 is 13.9 Å². The topological polar surface area (TPSA) is 55.9 Å². The van der Waals surface area contributed by atoms with E-state index < -0.39 is 10.2 Å². The normalized spacial score (nSPS) is 24.8. The van der Waals surface area contributed by atoms with Crippen molar-refractivity contribution in [2.24, 2.45) is 0 Å². The summed E-state index contributed by atoms with van der Waals surface area (Å²) in [5, 5.41) is 3.52. The third-order valence-corrected chi connectivity index (χ3v) is 6.93. The van der Waals surface area contributed by atoms with Crippen LogP contribution in [0.4, 0.5) is 17.1 Å². The van der Waals surface area contributed by atoms with E-state index in [0.29, 0.717) is 36.5 Å². The fraction of sp³-hybridized carbons (Fsp3) is 0.400. The second kappa shape index (κ2) is 7.14. The molecule has 2 atom stereocenters. The van der Waals surface area contributed by atoms with E-state index in [1.54, 1.807) is 4.31 Å². The van der Waals surface area contributed by atoms with Crippen LogP contribution in [-0.2, 0) is 10.2 Å². The Labute approximate surface area is 161 Å². The van der Waals surface area contributed by atoms with Crippen LogP contribution in [0.3, 0.4) is 0 Å². The van der Waals surface area contributed by atoms with Crippen LogP contribution in [0, 0.1) is 0 Å². The lowest BCUT2D eigenvalue weighted by atomic mass is 10.1. The summed E-state index contributed by atoms with van der Waals surface area (Å²) in [5.41, 5.74) is 2.13. The van der Waals surface area contributed by atoms with E-state index in [2.05, 4.69) is 24.1 Å². The molecule has 0 aromatic heterocycles. The summed E-state index contributed by atoms with van der Waals surface area (Å²) in [7, 11) is -3.64. The summed E-state index contributed by atoms with van der Waals surface area (Å²) in [6.45, 7) is 7.36. The Morgan fingerprint density at radius 2 is 1.48 bits per heavy atom. The Balaban J connectivity index is 1.61. The van der Waals surface area contributed by atoms with Gasteiger partial charge in [-0.1, -0.05) is 30.3 Å². The number of piperazine rings is 1. The van der Waals surface area contributed by atoms with Gasteiger partial charge in [0, 0.05) is 38.3 Å². The molecule has 2 aromatic carbocycles. The number of benzene rings is 2. The van der Waals surface area contributed by atoms with Crippen LogP contribution in [-0.4, -0.2) is 51.6 Å². The Kier molecular flexibility index (Phi) is 4.84. The zero-order valence-corrected chi connectivity index (χ0v) is 16.6. The van der Waals surface area contributed by atoms with Crippen molar-refractivity contribution in [3.05, 3.63) is 54.6 Å². The number of fused-ring (bicyclic) bond motifs is 1. The highest BCUT2D eigenvalue weighted by atomic mass is 32.2. The number of hydrogen-bond acceptors (Lipinski definition) is 4. The SMILES string of the molecule is CC1CN(CCN2c3ccccc3N(c3ccccc3)S2(=O)=O)CC(C)N1. The van der Waals surface area contributed by atoms with Gasteiger partial charge < -0.3 is 5.32 Å². The zero-order chi connectivity index (χ0) is 19.0. The van der Waals surface area contributed by atoms with Gasteiger partial charge in [0.05, 0.1) is 17.1 Å². The summed E-state index contributed by atoms with van der Waals surface area (Å²) < 4.78 is 29.7. The monoisotopic (exact) mass is 386 g/mol. The van der Waals surface area contributed by atoms with E-state index >= 15 is 0 Å². The van der Waals surface area contributed by atoms with Gasteiger partial charge in [0.25, 0.3) is 0 Å². The van der Waals surface area contributed by atoms with Crippen molar-refractivity contribution in [1.82, 2.24) is 10.2 Å². The Morgan fingerprint density at radius 1 is 0.889 bits per heavy atom. The van der Waals surface area contributed by atoms with Crippen molar-refractivity contribution in [2.45, 2.75) is 25.9 Å².